The van der Waals surface area contributed by atoms with Crippen molar-refractivity contribution >= 4 is 11.8 Å². The Hall–Kier alpha value is -1.88. The maximum absolute atomic E-state index is 11.7. The summed E-state index contributed by atoms with van der Waals surface area (Å²) in [5.41, 5.74) is 0.652. The number of hydrogen-bond donors (Lipinski definition) is 2. The van der Waals surface area contributed by atoms with E-state index in [-0.39, 0.29) is 11.8 Å². The van der Waals surface area contributed by atoms with Gasteiger partial charge in [-0.3, -0.25) is 9.59 Å². The van der Waals surface area contributed by atoms with E-state index in [1.165, 1.54) is 0 Å². The third-order valence-corrected chi connectivity index (χ3v) is 2.46. The number of amides is 2. The zero-order valence-corrected chi connectivity index (χ0v) is 11.5. The summed E-state index contributed by atoms with van der Waals surface area (Å²) in [5, 5.41) is 5.61. The average molecular weight is 263 g/mol. The van der Waals surface area contributed by atoms with E-state index in [1.807, 2.05) is 37.2 Å². The van der Waals surface area contributed by atoms with Gasteiger partial charge in [0.1, 0.15) is 0 Å². The van der Waals surface area contributed by atoms with Crippen LogP contribution in [0.3, 0.4) is 0 Å². The Kier molecular flexibility index (Phi) is 6.60. The summed E-state index contributed by atoms with van der Waals surface area (Å²) in [7, 11) is 3.69. The first kappa shape index (κ1) is 15.2. The number of rotatable bonds is 7. The number of benzene rings is 1. The number of likely N-dealkylation sites (N-methyl/N-ethyl adjacent to an activating group) is 1. The molecule has 0 aromatic heterocycles. The fraction of sp³-hybridized carbons (Fsp3) is 0.429. The van der Waals surface area contributed by atoms with Crippen molar-refractivity contribution in [1.29, 1.82) is 0 Å². The largest absolute Gasteiger partial charge is 0.355 e. The van der Waals surface area contributed by atoms with Gasteiger partial charge >= 0.3 is 0 Å². The van der Waals surface area contributed by atoms with Crippen molar-refractivity contribution in [2.45, 2.75) is 6.42 Å². The summed E-state index contributed by atoms with van der Waals surface area (Å²) < 4.78 is 0. The second-order valence-electron chi connectivity index (χ2n) is 4.56. The second-order valence-corrected chi connectivity index (χ2v) is 4.56. The number of nitrogens with one attached hydrogen (secondary N) is 2. The van der Waals surface area contributed by atoms with Crippen LogP contribution in [0.1, 0.15) is 16.8 Å². The minimum absolute atomic E-state index is 0.000569. The monoisotopic (exact) mass is 263 g/mol. The predicted octanol–water partition coefficient (Wildman–Crippen LogP) is 0.484. The predicted molar refractivity (Wildman–Crippen MR) is 75.0 cm³/mol. The van der Waals surface area contributed by atoms with E-state index >= 15 is 0 Å². The topological polar surface area (TPSA) is 61.4 Å². The van der Waals surface area contributed by atoms with Crippen LogP contribution in [0.2, 0.25) is 0 Å². The third-order valence-electron chi connectivity index (χ3n) is 2.46. The van der Waals surface area contributed by atoms with E-state index < -0.39 is 0 Å². The fourth-order valence-electron chi connectivity index (χ4n) is 1.55. The highest BCUT2D eigenvalue weighted by Gasteiger charge is 2.04. The molecule has 2 amide bonds. The first-order valence-corrected chi connectivity index (χ1v) is 6.34. The Morgan fingerprint density at radius 1 is 1.05 bits per heavy atom. The SMILES string of the molecule is CN(C)CC(=O)NCCCNC(=O)c1ccccc1. The number of carbonyl (C=O) groups excluding carboxylic acids is 2. The van der Waals surface area contributed by atoms with Gasteiger partial charge in [0, 0.05) is 18.7 Å². The quantitative estimate of drug-likeness (QED) is 0.704. The van der Waals surface area contributed by atoms with Gasteiger partial charge in [0.2, 0.25) is 5.91 Å². The van der Waals surface area contributed by atoms with Gasteiger partial charge in [0.15, 0.2) is 0 Å². The highest BCUT2D eigenvalue weighted by molar-refractivity contribution is 5.94. The van der Waals surface area contributed by atoms with Crippen molar-refractivity contribution in [2.75, 3.05) is 33.7 Å². The van der Waals surface area contributed by atoms with Gasteiger partial charge in [-0.25, -0.2) is 0 Å². The highest BCUT2D eigenvalue weighted by Crippen LogP contribution is 1.97. The molecule has 0 heterocycles. The van der Waals surface area contributed by atoms with Gasteiger partial charge in [-0.15, -0.1) is 0 Å². The summed E-state index contributed by atoms with van der Waals surface area (Å²) in [4.78, 5) is 24.8. The zero-order chi connectivity index (χ0) is 14.1. The lowest BCUT2D eigenvalue weighted by Gasteiger charge is -2.10. The van der Waals surface area contributed by atoms with Gasteiger partial charge in [-0.1, -0.05) is 18.2 Å². The molecule has 0 bridgehead atoms. The summed E-state index contributed by atoms with van der Waals surface area (Å²) in [6.45, 7) is 1.51. The fourth-order valence-corrected chi connectivity index (χ4v) is 1.55. The van der Waals surface area contributed by atoms with Gasteiger partial charge in [-0.2, -0.15) is 0 Å². The minimum Gasteiger partial charge on any atom is -0.355 e. The molecule has 0 unspecified atom stereocenters. The van der Waals surface area contributed by atoms with Crippen LogP contribution >= 0.6 is 0 Å². The molecular formula is C14H21N3O2. The van der Waals surface area contributed by atoms with Crippen molar-refractivity contribution in [2.24, 2.45) is 0 Å². The smallest absolute Gasteiger partial charge is 0.251 e. The average Bonchev–Trinajstić information content (AvgIpc) is 2.38. The molecule has 0 atom stereocenters. The summed E-state index contributed by atoms with van der Waals surface area (Å²) in [5.74, 6) is -0.0837. The summed E-state index contributed by atoms with van der Waals surface area (Å²) >= 11 is 0. The van der Waals surface area contributed by atoms with E-state index in [1.54, 1.807) is 12.1 Å². The molecule has 19 heavy (non-hydrogen) atoms. The van der Waals surface area contributed by atoms with E-state index in [0.29, 0.717) is 25.2 Å². The first-order chi connectivity index (χ1) is 9.09. The van der Waals surface area contributed by atoms with Crippen LogP contribution in [0, 0.1) is 0 Å². The van der Waals surface area contributed by atoms with Gasteiger partial charge in [0.05, 0.1) is 6.54 Å². The number of carbonyl (C=O) groups is 2. The lowest BCUT2D eigenvalue weighted by molar-refractivity contribution is -0.121. The molecule has 0 saturated carbocycles. The lowest BCUT2D eigenvalue weighted by Crippen LogP contribution is -2.35. The van der Waals surface area contributed by atoms with E-state index in [0.717, 1.165) is 6.42 Å². The van der Waals surface area contributed by atoms with E-state index in [9.17, 15) is 9.59 Å². The molecule has 0 fully saturated rings. The Balaban J connectivity index is 2.11. The normalized spacial score (nSPS) is 10.3. The molecule has 5 heteroatoms. The maximum Gasteiger partial charge on any atom is 0.251 e. The van der Waals surface area contributed by atoms with E-state index in [2.05, 4.69) is 10.6 Å². The molecule has 1 aromatic carbocycles. The van der Waals surface area contributed by atoms with Gasteiger partial charge in [-0.05, 0) is 32.6 Å². The summed E-state index contributed by atoms with van der Waals surface area (Å²) in [6, 6.07) is 9.08. The summed E-state index contributed by atoms with van der Waals surface area (Å²) in [6.07, 6.45) is 0.720. The highest BCUT2D eigenvalue weighted by atomic mass is 16.2. The Morgan fingerprint density at radius 2 is 1.68 bits per heavy atom. The van der Waals surface area contributed by atoms with Crippen LogP contribution in [0.15, 0.2) is 30.3 Å². The molecular weight excluding hydrogens is 242 g/mol. The van der Waals surface area contributed by atoms with Crippen LogP contribution < -0.4 is 10.6 Å². The first-order valence-electron chi connectivity index (χ1n) is 6.34. The van der Waals surface area contributed by atoms with Crippen molar-refractivity contribution in [1.82, 2.24) is 15.5 Å². The van der Waals surface area contributed by atoms with Crippen molar-refractivity contribution in [3.05, 3.63) is 35.9 Å². The Bertz CT molecular complexity index is 404. The molecule has 2 N–H and O–H groups in total. The van der Waals surface area contributed by atoms with Crippen molar-refractivity contribution < 1.29 is 9.59 Å². The second kappa shape index (κ2) is 8.26. The molecule has 0 spiro atoms. The van der Waals surface area contributed by atoms with Crippen LogP contribution in [0.25, 0.3) is 0 Å². The van der Waals surface area contributed by atoms with Crippen molar-refractivity contribution in [3.8, 4) is 0 Å². The number of hydrogen-bond acceptors (Lipinski definition) is 3. The van der Waals surface area contributed by atoms with Crippen LogP contribution in [-0.4, -0.2) is 50.4 Å². The lowest BCUT2D eigenvalue weighted by atomic mass is 10.2. The Labute approximate surface area is 114 Å². The molecule has 1 aromatic rings. The van der Waals surface area contributed by atoms with Crippen LogP contribution in [0.5, 0.6) is 0 Å². The molecule has 0 aliphatic rings. The zero-order valence-electron chi connectivity index (χ0n) is 11.5. The third kappa shape index (κ3) is 6.57. The van der Waals surface area contributed by atoms with E-state index in [4.69, 9.17) is 0 Å². The standard InChI is InChI=1S/C14H21N3O2/c1-17(2)11-13(18)15-9-6-10-16-14(19)12-7-4-3-5-8-12/h3-5,7-8H,6,9-11H2,1-2H3,(H,15,18)(H,16,19). The molecule has 0 aliphatic carbocycles. The molecule has 0 aliphatic heterocycles. The van der Waals surface area contributed by atoms with Crippen LogP contribution in [-0.2, 0) is 4.79 Å². The van der Waals surface area contributed by atoms with Gasteiger partial charge < -0.3 is 15.5 Å². The number of nitrogens with zero attached hydrogens (tertiary/aromatic N) is 1. The molecule has 0 radical (unpaired) electrons. The molecule has 104 valence electrons. The van der Waals surface area contributed by atoms with Gasteiger partial charge in [0.25, 0.3) is 5.91 Å². The maximum atomic E-state index is 11.7. The van der Waals surface area contributed by atoms with Crippen LogP contribution in [0.4, 0.5) is 0 Å². The van der Waals surface area contributed by atoms with Crippen molar-refractivity contribution in [3.63, 3.8) is 0 Å². The minimum atomic E-state index is -0.0831. The molecule has 1 rings (SSSR count). The molecule has 5 nitrogen and oxygen atoms in total. The molecule has 0 saturated heterocycles. The Morgan fingerprint density at radius 3 is 2.32 bits per heavy atom.